The summed E-state index contributed by atoms with van der Waals surface area (Å²) < 4.78 is 11.4. The molecule has 0 amide bonds. The summed E-state index contributed by atoms with van der Waals surface area (Å²) in [6.45, 7) is 0.664. The molecule has 0 bridgehead atoms. The van der Waals surface area contributed by atoms with E-state index in [1.807, 2.05) is 12.1 Å². The molecule has 2 aliphatic heterocycles. The largest absolute Gasteiger partial charge is 0.493 e. The van der Waals surface area contributed by atoms with E-state index in [9.17, 15) is 0 Å². The molecule has 4 aliphatic rings. The third kappa shape index (κ3) is 4.28. The number of hydroxylamine groups is 1. The number of hydrogen-bond acceptors (Lipinski definition) is 6. The zero-order valence-electron chi connectivity index (χ0n) is 22.0. The van der Waals surface area contributed by atoms with E-state index in [2.05, 4.69) is 71.2 Å². The van der Waals surface area contributed by atoms with Crippen LogP contribution in [-0.2, 0) is 16.8 Å². The van der Waals surface area contributed by atoms with Gasteiger partial charge in [-0.1, -0.05) is 59.6 Å². The molecule has 0 radical (unpaired) electrons. The van der Waals surface area contributed by atoms with Gasteiger partial charge < -0.3 is 14.4 Å². The maximum atomic E-state index is 6.19. The first kappa shape index (κ1) is 24.3. The Morgan fingerprint density at radius 1 is 1.00 bits per heavy atom. The smallest absolute Gasteiger partial charge is 0.186 e. The van der Waals surface area contributed by atoms with Gasteiger partial charge in [0.25, 0.3) is 0 Å². The fourth-order valence-electron chi connectivity index (χ4n) is 5.76. The molecule has 2 saturated carbocycles. The number of anilines is 1. The van der Waals surface area contributed by atoms with Crippen LogP contribution in [0.3, 0.4) is 0 Å². The Morgan fingerprint density at radius 3 is 2.38 bits per heavy atom. The van der Waals surface area contributed by atoms with Crippen molar-refractivity contribution in [3.05, 3.63) is 106 Å². The number of benzene rings is 3. The average Bonchev–Trinajstić information content (AvgIpc) is 3.92. The van der Waals surface area contributed by atoms with Gasteiger partial charge in [0.15, 0.2) is 23.6 Å². The van der Waals surface area contributed by atoms with Crippen molar-refractivity contribution in [3.8, 4) is 11.5 Å². The number of halogens is 1. The summed E-state index contributed by atoms with van der Waals surface area (Å²) in [6.07, 6.45) is 6.21. The van der Waals surface area contributed by atoms with Crippen LogP contribution in [0.4, 0.5) is 5.69 Å². The number of fused-ring (bicyclic) bond motifs is 1. The van der Waals surface area contributed by atoms with Crippen molar-refractivity contribution in [1.82, 2.24) is 5.48 Å². The molecule has 3 aromatic rings. The van der Waals surface area contributed by atoms with Crippen molar-refractivity contribution in [2.24, 2.45) is 4.99 Å². The molecule has 2 aliphatic carbocycles. The summed E-state index contributed by atoms with van der Waals surface area (Å²) in [7, 11) is 3.35. The second-order valence-electron chi connectivity index (χ2n) is 10.6. The van der Waals surface area contributed by atoms with Gasteiger partial charge in [-0.25, -0.2) is 15.3 Å². The molecule has 1 N–H and O–H groups in total. The fourth-order valence-corrected chi connectivity index (χ4v) is 5.88. The summed E-state index contributed by atoms with van der Waals surface area (Å²) >= 11 is 6.18. The van der Waals surface area contributed by atoms with Crippen molar-refractivity contribution in [1.29, 1.82) is 0 Å². The van der Waals surface area contributed by atoms with E-state index in [-0.39, 0.29) is 11.6 Å². The number of rotatable bonds is 7. The second-order valence-corrected chi connectivity index (χ2v) is 11.0. The van der Waals surface area contributed by atoms with Gasteiger partial charge in [-0.15, -0.1) is 0 Å². The van der Waals surface area contributed by atoms with Gasteiger partial charge in [-0.05, 0) is 60.6 Å². The number of ether oxygens (including phenoxy) is 2. The van der Waals surface area contributed by atoms with E-state index in [1.54, 1.807) is 14.2 Å². The van der Waals surface area contributed by atoms with E-state index in [0.29, 0.717) is 18.0 Å². The number of amidine groups is 1. The van der Waals surface area contributed by atoms with Gasteiger partial charge in [0.1, 0.15) is 0 Å². The highest BCUT2D eigenvalue weighted by Crippen LogP contribution is 2.54. The Kier molecular flexibility index (Phi) is 5.90. The van der Waals surface area contributed by atoms with Crippen LogP contribution in [0.2, 0.25) is 5.02 Å². The molecule has 6 nitrogen and oxygen atoms in total. The molecule has 1 unspecified atom stereocenters. The van der Waals surface area contributed by atoms with Crippen LogP contribution >= 0.6 is 11.6 Å². The summed E-state index contributed by atoms with van der Waals surface area (Å²) in [5, 5.41) is 0.723. The molecule has 2 heterocycles. The van der Waals surface area contributed by atoms with Crippen LogP contribution in [0, 0.1) is 0 Å². The second kappa shape index (κ2) is 9.47. The van der Waals surface area contributed by atoms with Crippen LogP contribution in [0.5, 0.6) is 11.5 Å². The number of hydrogen-bond donors (Lipinski definition) is 1. The maximum absolute atomic E-state index is 6.19. The lowest BCUT2D eigenvalue weighted by Gasteiger charge is -2.32. The zero-order valence-corrected chi connectivity index (χ0v) is 22.8. The normalized spacial score (nSPS) is 20.6. The van der Waals surface area contributed by atoms with Crippen molar-refractivity contribution in [2.75, 3.05) is 19.1 Å². The number of methoxy groups -OCH3 is 2. The SMILES string of the molecule is COc1cc2c(cc1OC)N(Cc1ccc(Cl)cc1)C=C(C1=NC(C3(c4ccccc4)CC3)ON1)C2=C1CC1. The number of nitrogens with one attached hydrogen (secondary N) is 1. The Morgan fingerprint density at radius 2 is 1.72 bits per heavy atom. The lowest BCUT2D eigenvalue weighted by molar-refractivity contribution is 0.0140. The first-order valence-corrected chi connectivity index (χ1v) is 13.7. The molecule has 0 aromatic heterocycles. The van der Waals surface area contributed by atoms with E-state index in [1.165, 1.54) is 16.7 Å². The highest BCUT2D eigenvalue weighted by Gasteiger charge is 2.54. The molecule has 198 valence electrons. The Hall–Kier alpha value is -3.74. The third-order valence-electron chi connectivity index (χ3n) is 8.13. The summed E-state index contributed by atoms with van der Waals surface area (Å²) in [5.74, 6) is 2.19. The van der Waals surface area contributed by atoms with Gasteiger partial charge in [-0.3, -0.25) is 0 Å². The standard InChI is InChI=1S/C32H30ClN3O3/c1-37-27-16-24-26(17-28(27)38-2)36(18-20-8-12-23(33)13-9-20)19-25(29(24)21-10-11-21)30-34-31(39-35-30)32(14-15-32)22-6-4-3-5-7-22/h3-9,12-13,16-17,19,31H,10-11,14-15,18H2,1-2H3,(H,34,35). The van der Waals surface area contributed by atoms with Gasteiger partial charge in [0.05, 0.1) is 19.9 Å². The van der Waals surface area contributed by atoms with Crippen LogP contribution in [0.15, 0.2) is 89.1 Å². The quantitative estimate of drug-likeness (QED) is 0.358. The van der Waals surface area contributed by atoms with E-state index in [0.717, 1.165) is 58.9 Å². The van der Waals surface area contributed by atoms with E-state index < -0.39 is 0 Å². The molecule has 7 rings (SSSR count). The molecule has 0 spiro atoms. The minimum Gasteiger partial charge on any atom is -0.493 e. The van der Waals surface area contributed by atoms with Crippen LogP contribution in [0.25, 0.3) is 5.57 Å². The summed E-state index contributed by atoms with van der Waals surface area (Å²) in [6, 6.07) is 22.8. The zero-order chi connectivity index (χ0) is 26.6. The molecule has 1 atom stereocenters. The van der Waals surface area contributed by atoms with E-state index >= 15 is 0 Å². The lowest BCUT2D eigenvalue weighted by Crippen LogP contribution is -2.29. The summed E-state index contributed by atoms with van der Waals surface area (Å²) in [5.41, 5.74) is 11.4. The molecule has 2 fully saturated rings. The van der Waals surface area contributed by atoms with Crippen molar-refractivity contribution in [2.45, 2.75) is 43.9 Å². The minimum absolute atomic E-state index is 0.0738. The van der Waals surface area contributed by atoms with Crippen LogP contribution in [0.1, 0.15) is 42.4 Å². The molecular formula is C32H30ClN3O3. The van der Waals surface area contributed by atoms with Gasteiger partial charge in [0.2, 0.25) is 0 Å². The highest BCUT2D eigenvalue weighted by molar-refractivity contribution is 6.30. The Bertz CT molecular complexity index is 1520. The van der Waals surface area contributed by atoms with Crippen LogP contribution in [-0.4, -0.2) is 26.3 Å². The number of allylic oxidation sites excluding steroid dienone is 1. The Balaban J connectivity index is 1.33. The molecule has 0 saturated heterocycles. The minimum atomic E-state index is -0.266. The molecular weight excluding hydrogens is 510 g/mol. The summed E-state index contributed by atoms with van der Waals surface area (Å²) in [4.78, 5) is 13.6. The lowest BCUT2D eigenvalue weighted by atomic mass is 9.90. The maximum Gasteiger partial charge on any atom is 0.186 e. The van der Waals surface area contributed by atoms with Gasteiger partial charge >= 0.3 is 0 Å². The highest BCUT2D eigenvalue weighted by atomic mass is 35.5. The fraction of sp³-hybridized carbons (Fsp3) is 0.281. The predicted molar refractivity (Wildman–Crippen MR) is 154 cm³/mol. The number of nitrogens with zero attached hydrogens (tertiary/aromatic N) is 2. The monoisotopic (exact) mass is 539 g/mol. The van der Waals surface area contributed by atoms with Crippen molar-refractivity contribution >= 4 is 28.7 Å². The van der Waals surface area contributed by atoms with Crippen molar-refractivity contribution < 1.29 is 14.3 Å². The first-order chi connectivity index (χ1) is 19.1. The number of aliphatic imine (C=N–C) groups is 1. The van der Waals surface area contributed by atoms with Gasteiger partial charge in [-0.2, -0.15) is 0 Å². The van der Waals surface area contributed by atoms with Crippen molar-refractivity contribution in [3.63, 3.8) is 0 Å². The van der Waals surface area contributed by atoms with Gasteiger partial charge in [0, 0.05) is 40.4 Å². The molecule has 39 heavy (non-hydrogen) atoms. The van der Waals surface area contributed by atoms with Crippen LogP contribution < -0.4 is 19.9 Å². The first-order valence-electron chi connectivity index (χ1n) is 13.4. The molecule has 7 heteroatoms. The Labute approximate surface area is 233 Å². The topological polar surface area (TPSA) is 55.3 Å². The predicted octanol–water partition coefficient (Wildman–Crippen LogP) is 6.80. The molecule has 3 aromatic carbocycles. The average molecular weight is 540 g/mol. The van der Waals surface area contributed by atoms with E-state index in [4.69, 9.17) is 30.9 Å². The third-order valence-corrected chi connectivity index (χ3v) is 8.39.